The number of rotatable bonds is 15. The number of aromatic nitrogens is 2. The second-order valence-electron chi connectivity index (χ2n) is 19.7. The third-order valence-electron chi connectivity index (χ3n) is 13.6. The zero-order valence-corrected chi connectivity index (χ0v) is 43.2. The number of hydrogen-bond acceptors (Lipinski definition) is 14. The maximum atomic E-state index is 15.0. The molecular weight excluding hydrogens is 999 g/mol. The highest BCUT2D eigenvalue weighted by atomic mass is 32.2. The molecule has 15 nitrogen and oxygen atoms in total. The molecule has 1 aromatic heterocycles. The van der Waals surface area contributed by atoms with Crippen LogP contribution in [0.15, 0.2) is 180 Å². The van der Waals surface area contributed by atoms with E-state index in [4.69, 9.17) is 20.0 Å². The van der Waals surface area contributed by atoms with Gasteiger partial charge in [-0.25, -0.2) is 9.59 Å². The highest BCUT2D eigenvalue weighted by Crippen LogP contribution is 2.47. The van der Waals surface area contributed by atoms with E-state index in [1.165, 1.54) is 16.7 Å². The maximum absolute atomic E-state index is 15.0. The molecule has 76 heavy (non-hydrogen) atoms. The van der Waals surface area contributed by atoms with Crippen molar-refractivity contribution in [3.05, 3.63) is 208 Å². The summed E-state index contributed by atoms with van der Waals surface area (Å²) in [5.41, 5.74) is 8.45. The zero-order chi connectivity index (χ0) is 52.3. The maximum Gasteiger partial charge on any atom is 0.410 e. The molecule has 3 amide bonds. The SMILES string of the molecule is C.CC(C)(C)OC(=O)N1CC[C@@H](N2CC/C(=C\C3=C(C(=O)OC(c4ccccc4)c4ccccc4)N4C(=O)[C@@H](CC(=O)/C(=N\OC(c5ccccc5)(c5ccccc5)c5ccccc5)c5nsc(N)n5)[C@H]4SC3)C2=O)C1. The van der Waals surface area contributed by atoms with Crippen LogP contribution < -0.4 is 5.73 Å². The number of likely N-dealkylation sites (tertiary alicyclic amines) is 2. The van der Waals surface area contributed by atoms with Crippen LogP contribution in [0.4, 0.5) is 9.93 Å². The molecule has 4 aliphatic heterocycles. The quantitative estimate of drug-likeness (QED) is 0.0257. The smallest absolute Gasteiger partial charge is 0.410 e. The number of amides is 3. The minimum Gasteiger partial charge on any atom is -0.448 e. The molecule has 6 aromatic rings. The number of hydrogen-bond donors (Lipinski definition) is 1. The molecule has 17 heteroatoms. The van der Waals surface area contributed by atoms with Crippen molar-refractivity contribution in [2.45, 2.75) is 76.2 Å². The van der Waals surface area contributed by atoms with E-state index in [1.807, 2.05) is 172 Å². The fourth-order valence-electron chi connectivity index (χ4n) is 10.1. The summed E-state index contributed by atoms with van der Waals surface area (Å²) in [4.78, 5) is 87.8. The average molecular weight is 1060 g/mol. The first-order valence-corrected chi connectivity index (χ1v) is 26.6. The van der Waals surface area contributed by atoms with E-state index in [0.29, 0.717) is 43.6 Å². The number of nitrogens with two attached hydrogens (primary N) is 1. The summed E-state index contributed by atoms with van der Waals surface area (Å²) in [6.45, 7) is 6.67. The number of anilines is 1. The second kappa shape index (κ2) is 22.5. The molecule has 2 N–H and O–H groups in total. The summed E-state index contributed by atoms with van der Waals surface area (Å²) >= 11 is 2.28. The summed E-state index contributed by atoms with van der Waals surface area (Å²) < 4.78 is 16.4. The van der Waals surface area contributed by atoms with Crippen molar-refractivity contribution < 1.29 is 38.3 Å². The van der Waals surface area contributed by atoms with Gasteiger partial charge in [-0.15, -0.1) is 11.8 Å². The first kappa shape index (κ1) is 53.0. The van der Waals surface area contributed by atoms with Gasteiger partial charge in [0.05, 0.1) is 17.3 Å². The van der Waals surface area contributed by atoms with E-state index in [9.17, 15) is 24.0 Å². The molecule has 4 aliphatic rings. The zero-order valence-electron chi connectivity index (χ0n) is 41.6. The number of carbonyl (C=O) groups is 5. The van der Waals surface area contributed by atoms with Gasteiger partial charge in [-0.05, 0) is 56.4 Å². The Morgan fingerprint density at radius 1 is 0.803 bits per heavy atom. The fourth-order valence-corrected chi connectivity index (χ4v) is 11.9. The van der Waals surface area contributed by atoms with Crippen molar-refractivity contribution in [1.29, 1.82) is 0 Å². The molecular formula is C59H59N7O8S2. The first-order chi connectivity index (χ1) is 36.3. The molecule has 0 bridgehead atoms. The van der Waals surface area contributed by atoms with E-state index < -0.39 is 52.4 Å². The number of carbonyl (C=O) groups excluding carboxylic acids is 5. The molecule has 3 atom stereocenters. The number of allylic oxidation sites excluding steroid dienone is 1. The molecule has 390 valence electrons. The van der Waals surface area contributed by atoms with E-state index >= 15 is 0 Å². The number of benzene rings is 5. The molecule has 5 heterocycles. The second-order valence-corrected chi connectivity index (χ2v) is 21.6. The Hall–Kier alpha value is -7.89. The molecule has 0 radical (unpaired) electrons. The lowest BCUT2D eigenvalue weighted by molar-refractivity contribution is -0.157. The molecule has 10 rings (SSSR count). The predicted octanol–water partition coefficient (Wildman–Crippen LogP) is 9.71. The number of thioether (sulfide) groups is 1. The number of esters is 1. The van der Waals surface area contributed by atoms with E-state index in [0.717, 1.165) is 39.3 Å². The van der Waals surface area contributed by atoms with Crippen LogP contribution in [0.2, 0.25) is 0 Å². The Labute approximate surface area is 450 Å². The van der Waals surface area contributed by atoms with Gasteiger partial charge in [0.2, 0.25) is 23.2 Å². The third-order valence-corrected chi connectivity index (χ3v) is 15.5. The van der Waals surface area contributed by atoms with Gasteiger partial charge in [-0.2, -0.15) is 9.36 Å². The van der Waals surface area contributed by atoms with Crippen LogP contribution in [-0.4, -0.2) is 102 Å². The summed E-state index contributed by atoms with van der Waals surface area (Å²) in [5, 5.41) is 4.07. The number of nitrogens with zero attached hydrogens (tertiary/aromatic N) is 6. The molecule has 5 aromatic carbocycles. The Balaban J connectivity index is 0.00000706. The standard InChI is InChI=1S/C58H55N7O8S2.CH4/c1-57(2,3)72-56(70)63-31-30-44(35-63)64-32-29-39(51(64)67)33-40-36-74-53-45(52(68)65(53)48(40)54(69)71-49(37-19-9-4-10-20-37)38-21-11-5-12-22-38)34-46(66)47(50-60-55(59)75-62-50)61-73-58(41-23-13-6-14-24-41,42-25-15-7-16-26-42)43-27-17-8-18-28-43;/h4-28,33,44-45,49,53H,29-32,34-36H2,1-3H3,(H2,59,60,62);1H4/b39-33+,61-47+;/t44-,45-,53-;/m1./s1. The van der Waals surface area contributed by atoms with Crippen molar-refractivity contribution in [2.24, 2.45) is 11.1 Å². The predicted molar refractivity (Wildman–Crippen MR) is 293 cm³/mol. The lowest BCUT2D eigenvalue weighted by Gasteiger charge is -2.49. The Bertz CT molecular complexity index is 3050. The first-order valence-electron chi connectivity index (χ1n) is 24.8. The van der Waals surface area contributed by atoms with Gasteiger partial charge >= 0.3 is 12.1 Å². The lowest BCUT2D eigenvalue weighted by atomic mass is 9.80. The van der Waals surface area contributed by atoms with Gasteiger partial charge in [0.1, 0.15) is 11.3 Å². The molecule has 0 aliphatic carbocycles. The minimum atomic E-state index is -1.35. The monoisotopic (exact) mass is 1060 g/mol. The van der Waals surface area contributed by atoms with Crippen molar-refractivity contribution in [3.63, 3.8) is 0 Å². The van der Waals surface area contributed by atoms with Crippen molar-refractivity contribution in [3.8, 4) is 0 Å². The van der Waals surface area contributed by atoms with Crippen LogP contribution in [0.5, 0.6) is 0 Å². The molecule has 3 saturated heterocycles. The van der Waals surface area contributed by atoms with Crippen LogP contribution >= 0.6 is 23.3 Å². The Morgan fingerprint density at radius 3 is 1.88 bits per heavy atom. The van der Waals surface area contributed by atoms with Gasteiger partial charge in [0.25, 0.3) is 0 Å². The van der Waals surface area contributed by atoms with Gasteiger partial charge in [0.15, 0.2) is 22.7 Å². The number of fused-ring (bicyclic) bond motifs is 1. The summed E-state index contributed by atoms with van der Waals surface area (Å²) in [6.07, 6.45) is 1.12. The normalized spacial score (nSPS) is 19.3. The Morgan fingerprint density at radius 2 is 1.36 bits per heavy atom. The lowest BCUT2D eigenvalue weighted by Crippen LogP contribution is -2.62. The highest BCUT2D eigenvalue weighted by Gasteiger charge is 2.55. The van der Waals surface area contributed by atoms with Crippen LogP contribution in [0, 0.1) is 5.92 Å². The fraction of sp³-hybridized carbons (Fsp3) is 0.288. The number of oxime groups is 1. The third kappa shape index (κ3) is 10.8. The van der Waals surface area contributed by atoms with E-state index in [2.05, 4.69) is 14.5 Å². The van der Waals surface area contributed by atoms with Crippen LogP contribution in [0.3, 0.4) is 0 Å². The molecule has 0 spiro atoms. The average Bonchev–Trinajstić information content (AvgIpc) is 4.20. The summed E-state index contributed by atoms with van der Waals surface area (Å²) in [5.74, 6) is -2.75. The van der Waals surface area contributed by atoms with Gasteiger partial charge < -0.3 is 29.8 Å². The van der Waals surface area contributed by atoms with E-state index in [-0.39, 0.29) is 53.9 Å². The molecule has 3 fully saturated rings. The number of nitrogen functional groups attached to an aromatic ring is 1. The Kier molecular flexibility index (Phi) is 15.7. The van der Waals surface area contributed by atoms with Gasteiger partial charge in [-0.3, -0.25) is 19.3 Å². The van der Waals surface area contributed by atoms with Crippen molar-refractivity contribution in [1.82, 2.24) is 24.1 Å². The number of β-lactam (4-membered cyclic amide) rings is 1. The summed E-state index contributed by atoms with van der Waals surface area (Å²) in [6, 6.07) is 47.1. The summed E-state index contributed by atoms with van der Waals surface area (Å²) in [7, 11) is 0. The topological polar surface area (TPSA) is 187 Å². The molecule has 0 saturated carbocycles. The highest BCUT2D eigenvalue weighted by molar-refractivity contribution is 8.00. The van der Waals surface area contributed by atoms with Crippen molar-refractivity contribution >= 4 is 63.8 Å². The van der Waals surface area contributed by atoms with Crippen molar-refractivity contribution in [2.75, 3.05) is 31.1 Å². The number of ether oxygens (including phenoxy) is 2. The number of Topliss-reactive ketones (excluding diaryl/α,β-unsaturated/α-hetero) is 1. The number of ketones is 1. The van der Waals surface area contributed by atoms with E-state index in [1.54, 1.807) is 15.9 Å². The van der Waals surface area contributed by atoms with Gasteiger partial charge in [0, 0.05) is 65.6 Å². The largest absolute Gasteiger partial charge is 0.448 e. The molecule has 0 unspecified atom stereocenters. The van der Waals surface area contributed by atoms with Crippen LogP contribution in [0.25, 0.3) is 0 Å². The minimum absolute atomic E-state index is 0. The van der Waals surface area contributed by atoms with Gasteiger partial charge in [-0.1, -0.05) is 164 Å². The van der Waals surface area contributed by atoms with Crippen LogP contribution in [0.1, 0.15) is 87.2 Å². The van der Waals surface area contributed by atoms with Crippen LogP contribution in [-0.2, 0) is 39.1 Å².